The minimum Gasteiger partial charge on any atom is -0.507 e. The summed E-state index contributed by atoms with van der Waals surface area (Å²) < 4.78 is 17.1. The maximum Gasteiger partial charge on any atom is 0.202 e. The lowest BCUT2D eigenvalue weighted by Gasteiger charge is -2.38. The van der Waals surface area contributed by atoms with Gasteiger partial charge in [-0.05, 0) is 19.4 Å². The van der Waals surface area contributed by atoms with Gasteiger partial charge in [0.2, 0.25) is 5.78 Å². The summed E-state index contributed by atoms with van der Waals surface area (Å²) in [6.45, 7) is 2.49. The third-order valence-corrected chi connectivity index (χ3v) is 7.07. The van der Waals surface area contributed by atoms with Crippen molar-refractivity contribution < 1.29 is 49.0 Å². The fourth-order valence-corrected chi connectivity index (χ4v) is 5.12. The quantitative estimate of drug-likeness (QED) is 0.265. The summed E-state index contributed by atoms with van der Waals surface area (Å²) >= 11 is 0. The number of ether oxygens (including phenoxy) is 3. The Kier molecular flexibility index (Phi) is 7.86. The summed E-state index contributed by atoms with van der Waals surface area (Å²) in [7, 11) is 1.34. The number of nitrogens with two attached hydrogens (primary N) is 1. The molecule has 11 heteroatoms. The predicted molar refractivity (Wildman–Crippen MR) is 132 cm³/mol. The Bertz CT molecular complexity index is 1280. The summed E-state index contributed by atoms with van der Waals surface area (Å²) in [5, 5.41) is 42.3. The first-order valence-corrected chi connectivity index (χ1v) is 12.3. The Morgan fingerprint density at radius 3 is 2.45 bits per heavy atom. The number of benzene rings is 2. The van der Waals surface area contributed by atoms with Crippen molar-refractivity contribution in [3.05, 3.63) is 51.6 Å². The lowest BCUT2D eigenvalue weighted by Crippen LogP contribution is -2.51. The van der Waals surface area contributed by atoms with Crippen molar-refractivity contribution in [2.45, 2.75) is 63.8 Å². The summed E-state index contributed by atoms with van der Waals surface area (Å²) in [5.41, 5.74) is 4.82. The highest BCUT2D eigenvalue weighted by atomic mass is 16.7. The number of aliphatic hydroxyl groups excluding tert-OH is 2. The number of hydrogen-bond donors (Lipinski definition) is 5. The van der Waals surface area contributed by atoms with E-state index < -0.39 is 83.6 Å². The Morgan fingerprint density at radius 1 is 1.16 bits per heavy atom. The molecule has 1 aliphatic carbocycles. The lowest BCUT2D eigenvalue weighted by molar-refractivity contribution is -0.241. The molecule has 0 radical (unpaired) electrons. The van der Waals surface area contributed by atoms with E-state index in [9.17, 15) is 34.8 Å². The first-order valence-electron chi connectivity index (χ1n) is 12.3. The molecule has 1 heterocycles. The number of carbonyl (C=O) groups excluding carboxylic acids is 3. The van der Waals surface area contributed by atoms with Gasteiger partial charge in [0, 0.05) is 35.6 Å². The number of phenols is 2. The van der Waals surface area contributed by atoms with Crippen LogP contribution >= 0.6 is 0 Å². The van der Waals surface area contributed by atoms with Gasteiger partial charge in [-0.25, -0.2) is 0 Å². The van der Waals surface area contributed by atoms with Gasteiger partial charge in [-0.3, -0.25) is 14.4 Å². The molecule has 2 aromatic rings. The number of ketones is 3. The van der Waals surface area contributed by atoms with Crippen LogP contribution in [0, 0.1) is 0 Å². The van der Waals surface area contributed by atoms with Crippen molar-refractivity contribution in [1.82, 2.24) is 0 Å². The van der Waals surface area contributed by atoms with Crippen LogP contribution in [-0.2, 0) is 20.7 Å². The molecule has 5 atom stereocenters. The Balaban J connectivity index is 1.90. The van der Waals surface area contributed by atoms with E-state index in [0.717, 1.165) is 0 Å². The molecule has 4 unspecified atom stereocenters. The number of aliphatic hydroxyl groups is 2. The number of hydrogen-bond acceptors (Lipinski definition) is 11. The van der Waals surface area contributed by atoms with Crippen molar-refractivity contribution in [2.75, 3.05) is 13.7 Å². The average molecular weight is 530 g/mol. The van der Waals surface area contributed by atoms with Crippen LogP contribution in [0.1, 0.15) is 75.8 Å². The second kappa shape index (κ2) is 10.8. The molecule has 4 rings (SSSR count). The molecule has 0 bridgehead atoms. The molecule has 1 saturated heterocycles. The van der Waals surface area contributed by atoms with E-state index >= 15 is 0 Å². The van der Waals surface area contributed by atoms with Crippen molar-refractivity contribution >= 4 is 17.3 Å². The molecule has 11 nitrogen and oxygen atoms in total. The van der Waals surface area contributed by atoms with Crippen LogP contribution < -0.4 is 10.5 Å². The van der Waals surface area contributed by atoms with Crippen molar-refractivity contribution in [3.8, 4) is 17.2 Å². The van der Waals surface area contributed by atoms with E-state index in [0.29, 0.717) is 0 Å². The Hall–Kier alpha value is -3.35. The molecule has 6 N–H and O–H groups in total. The molecule has 0 spiro atoms. The van der Waals surface area contributed by atoms with Gasteiger partial charge < -0.3 is 40.4 Å². The van der Waals surface area contributed by atoms with E-state index in [4.69, 9.17) is 19.9 Å². The highest BCUT2D eigenvalue weighted by Crippen LogP contribution is 2.48. The predicted octanol–water partition coefficient (Wildman–Crippen LogP) is 1.28. The number of rotatable bonds is 8. The van der Waals surface area contributed by atoms with Crippen LogP contribution in [-0.4, -0.2) is 76.0 Å². The van der Waals surface area contributed by atoms with Gasteiger partial charge in [0.25, 0.3) is 0 Å². The van der Waals surface area contributed by atoms with Crippen LogP contribution in [0.3, 0.4) is 0 Å². The number of Topliss-reactive ketones (excluding diaryl/α,β-unsaturated/α-hetero) is 1. The molecule has 2 aromatic carbocycles. The molecule has 0 saturated carbocycles. The highest BCUT2D eigenvalue weighted by Gasteiger charge is 2.42. The topological polar surface area (TPSA) is 186 Å². The Morgan fingerprint density at radius 2 is 1.84 bits per heavy atom. The minimum absolute atomic E-state index is 0.0239. The number of phenolic OH excluding ortho intramolecular Hbond substituents is 2. The number of carbonyl (C=O) groups is 3. The standard InChI is InChI=1S/C27H31NO10/c1-4-16(38-18-9-15(28)23(31)11(2)37-18)20-14(8-12(30)10-29)25(33)21-22(27(20)35)26(34)19-13(24(21)32)6-5-7-17(19)36-3/h5-7,11,15-16,18,23,29,31,33,35H,4,8-10,28H2,1-3H3/t11?,15?,16-,18?,23?/m0/s1. The maximum absolute atomic E-state index is 13.7. The van der Waals surface area contributed by atoms with Gasteiger partial charge in [-0.1, -0.05) is 19.1 Å². The summed E-state index contributed by atoms with van der Waals surface area (Å²) in [6, 6.07) is 3.77. The summed E-state index contributed by atoms with van der Waals surface area (Å²) in [6.07, 6.45) is -3.71. The van der Waals surface area contributed by atoms with Gasteiger partial charge >= 0.3 is 0 Å². The molecular formula is C27H31NO10. The molecule has 1 fully saturated rings. The molecule has 38 heavy (non-hydrogen) atoms. The lowest BCUT2D eigenvalue weighted by atomic mass is 9.78. The molecule has 204 valence electrons. The average Bonchev–Trinajstić information content (AvgIpc) is 2.90. The zero-order valence-electron chi connectivity index (χ0n) is 21.3. The smallest absolute Gasteiger partial charge is 0.202 e. The van der Waals surface area contributed by atoms with Crippen LogP contribution in [0.25, 0.3) is 0 Å². The van der Waals surface area contributed by atoms with Crippen LogP contribution in [0.5, 0.6) is 17.2 Å². The van der Waals surface area contributed by atoms with E-state index in [2.05, 4.69) is 0 Å². The van der Waals surface area contributed by atoms with E-state index in [-0.39, 0.29) is 40.8 Å². The fourth-order valence-electron chi connectivity index (χ4n) is 5.12. The van der Waals surface area contributed by atoms with Crippen molar-refractivity contribution in [1.29, 1.82) is 0 Å². The van der Waals surface area contributed by atoms with Gasteiger partial charge in [0.1, 0.15) is 23.9 Å². The van der Waals surface area contributed by atoms with Gasteiger partial charge in [0.05, 0.1) is 42.1 Å². The van der Waals surface area contributed by atoms with E-state index in [1.807, 2.05) is 0 Å². The highest BCUT2D eigenvalue weighted by molar-refractivity contribution is 6.31. The van der Waals surface area contributed by atoms with Crippen LogP contribution in [0.4, 0.5) is 0 Å². The normalized spacial score (nSPS) is 23.5. The van der Waals surface area contributed by atoms with Crippen LogP contribution in [0.15, 0.2) is 18.2 Å². The monoisotopic (exact) mass is 529 g/mol. The molecule has 0 aromatic heterocycles. The molecule has 1 aliphatic heterocycles. The van der Waals surface area contributed by atoms with E-state index in [1.165, 1.54) is 25.3 Å². The molecule has 2 aliphatic rings. The minimum atomic E-state index is -1.02. The van der Waals surface area contributed by atoms with Gasteiger partial charge in [0.15, 0.2) is 17.9 Å². The van der Waals surface area contributed by atoms with Gasteiger partial charge in [-0.15, -0.1) is 0 Å². The second-order valence-electron chi connectivity index (χ2n) is 9.45. The zero-order valence-corrected chi connectivity index (χ0v) is 21.3. The third-order valence-electron chi connectivity index (χ3n) is 7.07. The third kappa shape index (κ3) is 4.56. The number of fused-ring (bicyclic) bond motifs is 2. The number of methoxy groups -OCH3 is 1. The SMILES string of the molecule is CC[C@H](OC1CC(N)C(O)C(C)O1)c1c(O)c2c(c(O)c1CC(=O)CO)C(=O)c1cccc(OC)c1C2=O. The summed E-state index contributed by atoms with van der Waals surface area (Å²) in [4.78, 5) is 39.4. The molecular weight excluding hydrogens is 498 g/mol. The maximum atomic E-state index is 13.7. The zero-order chi connectivity index (χ0) is 27.9. The van der Waals surface area contributed by atoms with Crippen molar-refractivity contribution in [2.24, 2.45) is 5.73 Å². The first kappa shape index (κ1) is 27.7. The van der Waals surface area contributed by atoms with Crippen LogP contribution in [0.2, 0.25) is 0 Å². The van der Waals surface area contributed by atoms with Crippen molar-refractivity contribution in [3.63, 3.8) is 0 Å². The van der Waals surface area contributed by atoms with E-state index in [1.54, 1.807) is 13.8 Å². The Labute approximate surface area is 218 Å². The number of aromatic hydroxyl groups is 2. The molecule has 0 amide bonds. The fraction of sp³-hybridized carbons (Fsp3) is 0.444. The second-order valence-corrected chi connectivity index (χ2v) is 9.45. The largest absolute Gasteiger partial charge is 0.507 e. The summed E-state index contributed by atoms with van der Waals surface area (Å²) in [5.74, 6) is -3.35. The van der Waals surface area contributed by atoms with Gasteiger partial charge in [-0.2, -0.15) is 0 Å². The first-order chi connectivity index (χ1) is 18.0.